The molecule has 0 amide bonds. The monoisotopic (exact) mass is 475 g/mol. The maximum atomic E-state index is 13.2. The number of nitrogens with zero attached hydrogens (tertiary/aromatic N) is 1. The van der Waals surface area contributed by atoms with Crippen molar-refractivity contribution in [2.75, 3.05) is 13.2 Å². The maximum absolute atomic E-state index is 13.2. The lowest BCUT2D eigenvalue weighted by molar-refractivity contribution is -0.137. The van der Waals surface area contributed by atoms with Crippen LogP contribution in [-0.4, -0.2) is 29.1 Å². The highest BCUT2D eigenvalue weighted by Crippen LogP contribution is 2.57. The smallest absolute Gasteiger partial charge is 0.388 e. The number of benzene rings is 1. The Hall–Kier alpha value is -2.29. The van der Waals surface area contributed by atoms with Crippen LogP contribution in [0.5, 0.6) is 0 Å². The Kier molecular flexibility index (Phi) is 5.42. The molecule has 3 aliphatic rings. The second-order valence-corrected chi connectivity index (χ2v) is 10.5. The molecule has 3 heterocycles. The zero-order chi connectivity index (χ0) is 24.5. The molecule has 1 aromatic heterocycles. The number of aromatic nitrogens is 1. The van der Waals surface area contributed by atoms with Gasteiger partial charge in [-0.05, 0) is 36.0 Å². The van der Waals surface area contributed by atoms with Crippen LogP contribution in [-0.2, 0) is 27.7 Å². The zero-order valence-electron chi connectivity index (χ0n) is 19.5. The van der Waals surface area contributed by atoms with Crippen molar-refractivity contribution in [1.29, 1.82) is 0 Å². The quantitative estimate of drug-likeness (QED) is 0.587. The van der Waals surface area contributed by atoms with Crippen molar-refractivity contribution in [2.24, 2.45) is 5.41 Å². The van der Waals surface area contributed by atoms with E-state index in [1.165, 1.54) is 19.1 Å². The van der Waals surface area contributed by atoms with Gasteiger partial charge in [0.2, 0.25) is 0 Å². The SMILES string of the molecule is CC(=O)c1nc2c(c3c1[C@@H](c1ccc(C(F)(F)F)cc1)OC31CCOCC1)C(O)CC(C)(C)C2. The van der Waals surface area contributed by atoms with Crippen molar-refractivity contribution in [2.45, 2.75) is 70.4 Å². The first-order chi connectivity index (χ1) is 15.9. The molecule has 2 atom stereocenters. The first-order valence-electron chi connectivity index (χ1n) is 11.6. The van der Waals surface area contributed by atoms with Crippen LogP contribution in [0.4, 0.5) is 13.2 Å². The third-order valence-corrected chi connectivity index (χ3v) is 7.31. The van der Waals surface area contributed by atoms with Crippen molar-refractivity contribution in [3.8, 4) is 0 Å². The number of carbonyl (C=O) groups excluding carboxylic acids is 1. The van der Waals surface area contributed by atoms with E-state index < -0.39 is 29.5 Å². The van der Waals surface area contributed by atoms with Crippen LogP contribution in [0.15, 0.2) is 24.3 Å². The molecule has 2 aromatic rings. The topological polar surface area (TPSA) is 68.7 Å². The van der Waals surface area contributed by atoms with E-state index in [0.29, 0.717) is 55.7 Å². The first kappa shape index (κ1) is 23.5. The fraction of sp³-hybridized carbons (Fsp3) is 0.538. The number of ketones is 1. The van der Waals surface area contributed by atoms with Gasteiger partial charge in [0.1, 0.15) is 11.8 Å². The van der Waals surface area contributed by atoms with Crippen LogP contribution in [0.25, 0.3) is 0 Å². The summed E-state index contributed by atoms with van der Waals surface area (Å²) in [5.41, 5.74) is 1.86. The number of halogens is 3. The molecule has 5 nitrogen and oxygen atoms in total. The van der Waals surface area contributed by atoms with Crippen molar-refractivity contribution >= 4 is 5.78 Å². The highest BCUT2D eigenvalue weighted by molar-refractivity contribution is 5.95. The van der Waals surface area contributed by atoms with Gasteiger partial charge in [-0.15, -0.1) is 0 Å². The molecule has 0 saturated carbocycles. The predicted octanol–water partition coefficient (Wildman–Crippen LogP) is 5.43. The maximum Gasteiger partial charge on any atom is 0.416 e. The van der Waals surface area contributed by atoms with Crippen LogP contribution < -0.4 is 0 Å². The molecule has 1 N–H and O–H groups in total. The fourth-order valence-corrected chi connectivity index (χ4v) is 5.82. The number of fused-ring (bicyclic) bond motifs is 4. The van der Waals surface area contributed by atoms with Crippen LogP contribution in [0.1, 0.15) is 96.2 Å². The van der Waals surface area contributed by atoms with E-state index >= 15 is 0 Å². The van der Waals surface area contributed by atoms with Gasteiger partial charge in [-0.25, -0.2) is 4.98 Å². The molecule has 1 saturated heterocycles. The average molecular weight is 476 g/mol. The van der Waals surface area contributed by atoms with Gasteiger partial charge in [-0.2, -0.15) is 13.2 Å². The molecule has 34 heavy (non-hydrogen) atoms. The molecule has 5 rings (SSSR count). The van der Waals surface area contributed by atoms with Gasteiger partial charge in [0.15, 0.2) is 5.78 Å². The fourth-order valence-electron chi connectivity index (χ4n) is 5.82. The van der Waals surface area contributed by atoms with Crippen molar-refractivity contribution in [3.63, 3.8) is 0 Å². The van der Waals surface area contributed by atoms with E-state index in [1.807, 2.05) is 0 Å². The Morgan fingerprint density at radius 2 is 1.76 bits per heavy atom. The standard InChI is InChI=1S/C26H28F3NO4/c1-14(31)22-20-21(19-17(30-22)12-24(2,3)13-18(19)32)25(8-10-33-11-9-25)34-23(20)15-4-6-16(7-5-15)26(27,28)29/h4-7,18,23,32H,8-13H2,1-3H3/t18?,23-/m1/s1. The van der Waals surface area contributed by atoms with Gasteiger partial charge in [-0.3, -0.25) is 4.79 Å². The average Bonchev–Trinajstić information content (AvgIpc) is 3.06. The number of hydrogen-bond acceptors (Lipinski definition) is 5. The van der Waals surface area contributed by atoms with Gasteiger partial charge in [0.05, 0.1) is 17.3 Å². The van der Waals surface area contributed by atoms with E-state index in [9.17, 15) is 23.1 Å². The highest BCUT2D eigenvalue weighted by atomic mass is 19.4. The van der Waals surface area contributed by atoms with Crippen LogP contribution in [0.2, 0.25) is 0 Å². The molecule has 0 radical (unpaired) electrons. The van der Waals surface area contributed by atoms with Crippen LogP contribution >= 0.6 is 0 Å². The molecule has 8 heteroatoms. The van der Waals surface area contributed by atoms with Crippen molar-refractivity contribution in [3.05, 3.63) is 63.5 Å². The molecule has 1 spiro atoms. The van der Waals surface area contributed by atoms with Crippen molar-refractivity contribution < 1.29 is 32.5 Å². The second kappa shape index (κ2) is 7.86. The summed E-state index contributed by atoms with van der Waals surface area (Å²) in [6, 6.07) is 4.87. The largest absolute Gasteiger partial charge is 0.416 e. The molecule has 1 fully saturated rings. The van der Waals surface area contributed by atoms with Gasteiger partial charge in [0, 0.05) is 55.4 Å². The van der Waals surface area contributed by atoms with Gasteiger partial charge < -0.3 is 14.6 Å². The minimum Gasteiger partial charge on any atom is -0.388 e. The Morgan fingerprint density at radius 1 is 1.12 bits per heavy atom. The number of aliphatic hydroxyl groups excluding tert-OH is 1. The molecule has 182 valence electrons. The number of rotatable bonds is 2. The van der Waals surface area contributed by atoms with Gasteiger partial charge in [-0.1, -0.05) is 26.0 Å². The van der Waals surface area contributed by atoms with E-state index in [2.05, 4.69) is 13.8 Å². The normalized spacial score (nSPS) is 25.1. The summed E-state index contributed by atoms with van der Waals surface area (Å²) >= 11 is 0. The van der Waals surface area contributed by atoms with Gasteiger partial charge >= 0.3 is 6.18 Å². The molecule has 1 aliphatic carbocycles. The van der Waals surface area contributed by atoms with E-state index in [1.54, 1.807) is 0 Å². The Balaban J connectivity index is 1.75. The third-order valence-electron chi connectivity index (χ3n) is 7.31. The van der Waals surface area contributed by atoms with Crippen LogP contribution in [0, 0.1) is 5.41 Å². The lowest BCUT2D eigenvalue weighted by atomic mass is 9.70. The van der Waals surface area contributed by atoms with Crippen LogP contribution in [0.3, 0.4) is 0 Å². The summed E-state index contributed by atoms with van der Waals surface area (Å²) in [5, 5.41) is 11.3. The summed E-state index contributed by atoms with van der Waals surface area (Å²) in [7, 11) is 0. The summed E-state index contributed by atoms with van der Waals surface area (Å²) < 4.78 is 51.7. The highest BCUT2D eigenvalue weighted by Gasteiger charge is 2.52. The van der Waals surface area contributed by atoms with E-state index in [4.69, 9.17) is 14.5 Å². The van der Waals surface area contributed by atoms with Gasteiger partial charge in [0.25, 0.3) is 0 Å². The van der Waals surface area contributed by atoms with E-state index in [0.717, 1.165) is 23.3 Å². The predicted molar refractivity (Wildman–Crippen MR) is 117 cm³/mol. The number of aliphatic hydroxyl groups is 1. The molecule has 2 aliphatic heterocycles. The Labute approximate surface area is 196 Å². The number of alkyl halides is 3. The summed E-state index contributed by atoms with van der Waals surface area (Å²) in [5.74, 6) is -0.235. The molecule has 1 unspecified atom stereocenters. The summed E-state index contributed by atoms with van der Waals surface area (Å²) in [6.07, 6.45) is -3.75. The summed E-state index contributed by atoms with van der Waals surface area (Å²) in [4.78, 5) is 17.6. The molecular formula is C26H28F3NO4. The Morgan fingerprint density at radius 3 is 2.35 bits per heavy atom. The number of ether oxygens (including phenoxy) is 2. The zero-order valence-corrected chi connectivity index (χ0v) is 19.5. The second-order valence-electron chi connectivity index (χ2n) is 10.5. The first-order valence-corrected chi connectivity index (χ1v) is 11.6. The van der Waals surface area contributed by atoms with E-state index in [-0.39, 0.29) is 16.9 Å². The lowest BCUT2D eigenvalue weighted by Crippen LogP contribution is -2.37. The minimum absolute atomic E-state index is 0.184. The molecule has 1 aromatic carbocycles. The third kappa shape index (κ3) is 3.76. The molecule has 0 bridgehead atoms. The van der Waals surface area contributed by atoms with Crippen molar-refractivity contribution in [1.82, 2.24) is 4.98 Å². The molecular weight excluding hydrogens is 447 g/mol. The number of Topliss-reactive ketones (excluding diaryl/α,β-unsaturated/α-hetero) is 1. The minimum atomic E-state index is -4.45. The number of pyridine rings is 1. The Bertz CT molecular complexity index is 1130. The number of hydrogen-bond donors (Lipinski definition) is 1. The summed E-state index contributed by atoms with van der Waals surface area (Å²) in [6.45, 7) is 6.47. The lowest BCUT2D eigenvalue weighted by Gasteiger charge is -2.40. The number of carbonyl (C=O) groups is 1.